The van der Waals surface area contributed by atoms with E-state index in [1.54, 1.807) is 23.9 Å². The molecule has 6 heteroatoms. The highest BCUT2D eigenvalue weighted by Gasteiger charge is 2.39. The second-order valence-electron chi connectivity index (χ2n) is 8.12. The largest absolute Gasteiger partial charge is 0.323 e. The minimum absolute atomic E-state index is 0.188. The zero-order valence-corrected chi connectivity index (χ0v) is 18.9. The molecule has 0 saturated carbocycles. The maximum atomic E-state index is 12.2. The molecule has 0 aromatic heterocycles. The Bertz CT molecular complexity index is 996. The normalized spacial score (nSPS) is 17.4. The predicted molar refractivity (Wildman–Crippen MR) is 128 cm³/mol. The minimum Gasteiger partial charge on any atom is -0.323 e. The Balaban J connectivity index is 1.24. The molecule has 0 aliphatic carbocycles. The van der Waals surface area contributed by atoms with Crippen LogP contribution in [0, 0.1) is 6.92 Å². The summed E-state index contributed by atoms with van der Waals surface area (Å²) in [5.41, 5.74) is 9.24. The molecule has 164 valence electrons. The van der Waals surface area contributed by atoms with E-state index in [9.17, 15) is 9.59 Å². The van der Waals surface area contributed by atoms with Crippen molar-refractivity contribution in [3.63, 3.8) is 0 Å². The third-order valence-electron chi connectivity index (χ3n) is 5.73. The molecule has 1 aliphatic heterocycles. The molecule has 1 saturated heterocycles. The molecule has 0 bridgehead atoms. The number of amides is 2. The number of hydrogen-bond donors (Lipinski definition) is 3. The van der Waals surface area contributed by atoms with Crippen LogP contribution in [0.1, 0.15) is 33.1 Å². The number of likely N-dealkylation sites (tertiary alicyclic amines) is 1. The van der Waals surface area contributed by atoms with Gasteiger partial charge in [0.15, 0.2) is 0 Å². The maximum absolute atomic E-state index is 12.2. The maximum Gasteiger partial charge on any atom is 0.269 e. The fraction of sp³-hybridized carbons (Fsp3) is 0.231. The van der Waals surface area contributed by atoms with Crippen molar-refractivity contribution in [3.8, 4) is 0 Å². The van der Waals surface area contributed by atoms with Gasteiger partial charge in [0, 0.05) is 16.7 Å². The molecule has 1 heterocycles. The Kier molecular flexibility index (Phi) is 7.24. The Morgan fingerprint density at radius 1 is 0.875 bits per heavy atom. The highest BCUT2D eigenvalue weighted by atomic mass is 32.2. The lowest BCUT2D eigenvalue weighted by Crippen LogP contribution is -3.21. The number of carbonyl (C=O) groups is 2. The Morgan fingerprint density at radius 2 is 1.44 bits per heavy atom. The van der Waals surface area contributed by atoms with E-state index in [2.05, 4.69) is 59.4 Å². The zero-order chi connectivity index (χ0) is 22.3. The van der Waals surface area contributed by atoms with Gasteiger partial charge in [0.25, 0.3) is 5.91 Å². The molecular formula is C26H28N3O2S+. The van der Waals surface area contributed by atoms with Gasteiger partial charge in [-0.15, -0.1) is 11.8 Å². The van der Waals surface area contributed by atoms with Crippen LogP contribution < -0.4 is 15.8 Å². The van der Waals surface area contributed by atoms with Gasteiger partial charge in [-0.3, -0.25) is 20.4 Å². The molecule has 0 atom stereocenters. The third-order valence-corrected chi connectivity index (χ3v) is 6.97. The van der Waals surface area contributed by atoms with Gasteiger partial charge in [-0.2, -0.15) is 0 Å². The van der Waals surface area contributed by atoms with Crippen LogP contribution in [0.15, 0.2) is 84.9 Å². The van der Waals surface area contributed by atoms with Gasteiger partial charge in [0.2, 0.25) is 5.91 Å². The van der Waals surface area contributed by atoms with Crippen LogP contribution in [0.4, 0.5) is 0 Å². The van der Waals surface area contributed by atoms with Crippen molar-refractivity contribution in [2.24, 2.45) is 0 Å². The summed E-state index contributed by atoms with van der Waals surface area (Å²) in [4.78, 5) is 25.8. The monoisotopic (exact) mass is 446 g/mol. The van der Waals surface area contributed by atoms with E-state index >= 15 is 0 Å². The first-order chi connectivity index (χ1) is 15.6. The number of nitrogens with one attached hydrogen (secondary N) is 3. The third kappa shape index (κ3) is 5.58. The lowest BCUT2D eigenvalue weighted by atomic mass is 9.94. The number of aryl methyl sites for hydroxylation is 1. The molecule has 2 amide bonds. The molecule has 32 heavy (non-hydrogen) atoms. The van der Waals surface area contributed by atoms with Crippen LogP contribution in [0.3, 0.4) is 0 Å². The van der Waals surface area contributed by atoms with Crippen LogP contribution in [0.25, 0.3) is 0 Å². The SMILES string of the molecule is Cc1ccc(C(=O)NNC(=O)CSC2C[NH+](C(c3ccccc3)c3ccccc3)C2)cc1. The molecule has 1 aliphatic rings. The summed E-state index contributed by atoms with van der Waals surface area (Å²) in [5, 5.41) is 0.429. The zero-order valence-electron chi connectivity index (χ0n) is 18.1. The van der Waals surface area contributed by atoms with E-state index in [0.717, 1.165) is 18.7 Å². The lowest BCUT2D eigenvalue weighted by molar-refractivity contribution is -0.960. The van der Waals surface area contributed by atoms with Crippen LogP contribution in [-0.4, -0.2) is 35.9 Å². The van der Waals surface area contributed by atoms with E-state index in [1.807, 2.05) is 31.2 Å². The summed E-state index contributed by atoms with van der Waals surface area (Å²) >= 11 is 1.65. The molecule has 3 N–H and O–H groups in total. The minimum atomic E-state index is -0.309. The number of quaternary nitrogens is 1. The Morgan fingerprint density at radius 3 is 2.00 bits per heavy atom. The summed E-state index contributed by atoms with van der Waals surface area (Å²) in [6, 6.07) is 28.7. The van der Waals surface area contributed by atoms with Crippen molar-refractivity contribution in [1.82, 2.24) is 10.9 Å². The highest BCUT2D eigenvalue weighted by molar-refractivity contribution is 8.00. The quantitative estimate of drug-likeness (QED) is 0.489. The molecule has 0 unspecified atom stereocenters. The number of thioether (sulfide) groups is 1. The average molecular weight is 447 g/mol. The number of hydrazine groups is 1. The Labute approximate surface area is 193 Å². The van der Waals surface area contributed by atoms with Crippen LogP contribution in [0.5, 0.6) is 0 Å². The van der Waals surface area contributed by atoms with Crippen LogP contribution >= 0.6 is 11.8 Å². The first-order valence-corrected chi connectivity index (χ1v) is 11.9. The van der Waals surface area contributed by atoms with Crippen molar-refractivity contribution in [2.75, 3.05) is 18.8 Å². The fourth-order valence-electron chi connectivity index (χ4n) is 3.97. The summed E-state index contributed by atoms with van der Waals surface area (Å²) in [6.07, 6.45) is 0. The van der Waals surface area contributed by atoms with Gasteiger partial charge in [-0.1, -0.05) is 78.4 Å². The fourth-order valence-corrected chi connectivity index (χ4v) is 5.09. The molecule has 3 aromatic carbocycles. The van der Waals surface area contributed by atoms with E-state index in [0.29, 0.717) is 22.6 Å². The standard InChI is InChI=1S/C26H27N3O2S/c1-19-12-14-22(15-13-19)26(31)28-27-24(30)18-32-23-16-29(17-23)25(20-8-4-2-5-9-20)21-10-6-3-7-11-21/h2-15,23,25H,16-18H2,1H3,(H,27,30)(H,28,31)/p+1. The Hall–Kier alpha value is -3.09. The van der Waals surface area contributed by atoms with E-state index in [1.165, 1.54) is 16.0 Å². The molecule has 4 rings (SSSR count). The topological polar surface area (TPSA) is 62.6 Å². The number of hydrogen-bond acceptors (Lipinski definition) is 3. The van der Waals surface area contributed by atoms with E-state index in [-0.39, 0.29) is 11.8 Å². The van der Waals surface area contributed by atoms with Gasteiger partial charge in [0.1, 0.15) is 11.3 Å². The van der Waals surface area contributed by atoms with Gasteiger partial charge in [0.05, 0.1) is 18.8 Å². The smallest absolute Gasteiger partial charge is 0.269 e. The van der Waals surface area contributed by atoms with Gasteiger partial charge < -0.3 is 4.90 Å². The molecular weight excluding hydrogens is 418 g/mol. The van der Waals surface area contributed by atoms with Crippen molar-refractivity contribution in [1.29, 1.82) is 0 Å². The highest BCUT2D eigenvalue weighted by Crippen LogP contribution is 2.22. The first kappa shape index (κ1) is 22.1. The molecule has 5 nitrogen and oxygen atoms in total. The summed E-state index contributed by atoms with van der Waals surface area (Å²) in [5.74, 6) is -0.171. The van der Waals surface area contributed by atoms with Crippen molar-refractivity contribution in [2.45, 2.75) is 18.2 Å². The molecule has 3 aromatic rings. The predicted octanol–water partition coefficient (Wildman–Crippen LogP) is 2.55. The second kappa shape index (κ2) is 10.5. The molecule has 0 radical (unpaired) electrons. The van der Waals surface area contributed by atoms with E-state index in [4.69, 9.17) is 0 Å². The lowest BCUT2D eigenvalue weighted by Gasteiger charge is -2.40. The first-order valence-electron chi connectivity index (χ1n) is 10.8. The summed E-state index contributed by atoms with van der Waals surface area (Å²) < 4.78 is 0. The van der Waals surface area contributed by atoms with Crippen molar-refractivity contribution < 1.29 is 14.5 Å². The number of carbonyl (C=O) groups excluding carboxylic acids is 2. The van der Waals surface area contributed by atoms with Gasteiger partial charge in [-0.25, -0.2) is 0 Å². The summed E-state index contributed by atoms with van der Waals surface area (Å²) in [7, 11) is 0. The molecule has 0 spiro atoms. The second-order valence-corrected chi connectivity index (χ2v) is 9.41. The molecule has 1 fully saturated rings. The van der Waals surface area contributed by atoms with Gasteiger partial charge >= 0.3 is 0 Å². The van der Waals surface area contributed by atoms with E-state index < -0.39 is 0 Å². The van der Waals surface area contributed by atoms with Crippen LogP contribution in [0.2, 0.25) is 0 Å². The van der Waals surface area contributed by atoms with Crippen LogP contribution in [-0.2, 0) is 4.79 Å². The van der Waals surface area contributed by atoms with Crippen molar-refractivity contribution >= 4 is 23.6 Å². The van der Waals surface area contributed by atoms with Gasteiger partial charge in [-0.05, 0) is 19.1 Å². The number of rotatable bonds is 7. The number of benzene rings is 3. The summed E-state index contributed by atoms with van der Waals surface area (Å²) in [6.45, 7) is 3.97. The van der Waals surface area contributed by atoms with Crippen molar-refractivity contribution in [3.05, 3.63) is 107 Å². The average Bonchev–Trinajstić information content (AvgIpc) is 2.80.